The van der Waals surface area contributed by atoms with Gasteiger partial charge in [0.05, 0.1) is 0 Å². The zero-order valence-corrected chi connectivity index (χ0v) is 12.1. The Hall–Kier alpha value is -2.39. The summed E-state index contributed by atoms with van der Waals surface area (Å²) in [5.74, 6) is -0.857. The van der Waals surface area contributed by atoms with Gasteiger partial charge in [0, 0.05) is 0 Å². The van der Waals surface area contributed by atoms with Crippen molar-refractivity contribution in [1.82, 2.24) is 0 Å². The smallest absolute Gasteiger partial charge is 0.345 e. The summed E-state index contributed by atoms with van der Waals surface area (Å²) in [6.07, 6.45) is 0.754. The molecule has 1 N–H and O–H groups in total. The summed E-state index contributed by atoms with van der Waals surface area (Å²) in [6.45, 7) is 0. The summed E-state index contributed by atoms with van der Waals surface area (Å²) in [5.41, 5.74) is 4.60. The van der Waals surface area contributed by atoms with Gasteiger partial charge >= 0.3 is 5.97 Å². The molecule has 3 heteroatoms. The number of thiophene rings is 1. The number of hydrogen-bond donors (Lipinski definition) is 1. The van der Waals surface area contributed by atoms with E-state index in [9.17, 15) is 4.79 Å². The topological polar surface area (TPSA) is 37.3 Å². The molecule has 0 aliphatic rings. The highest BCUT2D eigenvalue weighted by atomic mass is 32.1. The van der Waals surface area contributed by atoms with Crippen molar-refractivity contribution >= 4 is 17.3 Å². The molecule has 0 saturated carbocycles. The lowest BCUT2D eigenvalue weighted by molar-refractivity contribution is 0.0702. The van der Waals surface area contributed by atoms with E-state index < -0.39 is 5.97 Å². The number of rotatable bonds is 4. The minimum atomic E-state index is -0.857. The maximum absolute atomic E-state index is 10.9. The SMILES string of the molecule is O=C(O)c1cc(Cc2cccc(-c3ccccc3)c2)cs1. The van der Waals surface area contributed by atoms with Gasteiger partial charge in [0.15, 0.2) is 0 Å². The van der Waals surface area contributed by atoms with Gasteiger partial charge in [-0.2, -0.15) is 0 Å². The molecule has 1 heterocycles. The Morgan fingerprint density at radius 3 is 2.38 bits per heavy atom. The highest BCUT2D eigenvalue weighted by molar-refractivity contribution is 7.12. The second-order valence-electron chi connectivity index (χ2n) is 4.87. The molecule has 0 unspecified atom stereocenters. The van der Waals surface area contributed by atoms with Gasteiger partial charge in [-0.3, -0.25) is 0 Å². The average Bonchev–Trinajstić information content (AvgIpc) is 2.97. The van der Waals surface area contributed by atoms with E-state index in [1.54, 1.807) is 6.07 Å². The van der Waals surface area contributed by atoms with E-state index in [1.807, 2.05) is 29.6 Å². The Kier molecular flexibility index (Phi) is 3.84. The molecule has 3 rings (SSSR count). The Morgan fingerprint density at radius 2 is 1.67 bits per heavy atom. The standard InChI is InChI=1S/C18H14O2S/c19-18(20)17-11-14(12-21-17)9-13-5-4-8-16(10-13)15-6-2-1-3-7-15/h1-8,10-12H,9H2,(H,19,20). The lowest BCUT2D eigenvalue weighted by Gasteiger charge is -2.05. The Labute approximate surface area is 127 Å². The van der Waals surface area contributed by atoms with Gasteiger partial charge in [0.1, 0.15) is 4.88 Å². The van der Waals surface area contributed by atoms with Crippen molar-refractivity contribution in [3.8, 4) is 11.1 Å². The van der Waals surface area contributed by atoms with E-state index >= 15 is 0 Å². The largest absolute Gasteiger partial charge is 0.477 e. The molecule has 2 nitrogen and oxygen atoms in total. The van der Waals surface area contributed by atoms with Crippen molar-refractivity contribution in [2.75, 3.05) is 0 Å². The molecular formula is C18H14O2S. The number of carboxylic acids is 1. The summed E-state index contributed by atoms with van der Waals surface area (Å²) in [5, 5.41) is 10.9. The molecule has 0 amide bonds. The Bertz CT molecular complexity index is 760. The summed E-state index contributed by atoms with van der Waals surface area (Å²) >= 11 is 1.28. The highest BCUT2D eigenvalue weighted by Crippen LogP contribution is 2.23. The van der Waals surface area contributed by atoms with Gasteiger partial charge < -0.3 is 5.11 Å². The zero-order valence-electron chi connectivity index (χ0n) is 11.3. The second kappa shape index (κ2) is 5.94. The number of carbonyl (C=O) groups is 1. The van der Waals surface area contributed by atoms with Crippen molar-refractivity contribution in [1.29, 1.82) is 0 Å². The quantitative estimate of drug-likeness (QED) is 0.757. The van der Waals surface area contributed by atoms with Gasteiger partial charge in [0.2, 0.25) is 0 Å². The van der Waals surface area contributed by atoms with Crippen LogP contribution in [0.3, 0.4) is 0 Å². The fourth-order valence-electron chi connectivity index (χ4n) is 2.31. The van der Waals surface area contributed by atoms with Gasteiger partial charge in [-0.1, -0.05) is 54.6 Å². The fourth-order valence-corrected chi connectivity index (χ4v) is 3.06. The Balaban J connectivity index is 1.84. The maximum atomic E-state index is 10.9. The van der Waals surface area contributed by atoms with Crippen LogP contribution in [0, 0.1) is 0 Å². The number of aromatic carboxylic acids is 1. The fraction of sp³-hybridized carbons (Fsp3) is 0.0556. The van der Waals surface area contributed by atoms with Crippen LogP contribution in [0.15, 0.2) is 66.0 Å². The molecule has 21 heavy (non-hydrogen) atoms. The minimum absolute atomic E-state index is 0.393. The minimum Gasteiger partial charge on any atom is -0.477 e. The van der Waals surface area contributed by atoms with Crippen LogP contribution >= 0.6 is 11.3 Å². The van der Waals surface area contributed by atoms with E-state index in [0.717, 1.165) is 12.0 Å². The van der Waals surface area contributed by atoms with E-state index in [1.165, 1.54) is 28.0 Å². The molecule has 0 spiro atoms. The summed E-state index contributed by atoms with van der Waals surface area (Å²) in [6, 6.07) is 20.4. The average molecular weight is 294 g/mol. The predicted molar refractivity (Wildman–Crippen MR) is 86.0 cm³/mol. The van der Waals surface area contributed by atoms with Crippen LogP contribution in [0.2, 0.25) is 0 Å². The van der Waals surface area contributed by atoms with Crippen molar-refractivity contribution < 1.29 is 9.90 Å². The maximum Gasteiger partial charge on any atom is 0.345 e. The summed E-state index contributed by atoms with van der Waals surface area (Å²) in [4.78, 5) is 11.3. The molecule has 0 saturated heterocycles. The number of benzene rings is 2. The van der Waals surface area contributed by atoms with Gasteiger partial charge in [0.25, 0.3) is 0 Å². The molecule has 2 aromatic carbocycles. The molecular weight excluding hydrogens is 280 g/mol. The first-order valence-corrected chi connectivity index (χ1v) is 7.55. The summed E-state index contributed by atoms with van der Waals surface area (Å²) in [7, 11) is 0. The third-order valence-electron chi connectivity index (χ3n) is 3.31. The molecule has 3 aromatic rings. The lowest BCUT2D eigenvalue weighted by atomic mass is 10.0. The molecule has 0 radical (unpaired) electrons. The first-order chi connectivity index (χ1) is 10.2. The third kappa shape index (κ3) is 3.20. The Morgan fingerprint density at radius 1 is 0.905 bits per heavy atom. The zero-order chi connectivity index (χ0) is 14.7. The monoisotopic (exact) mass is 294 g/mol. The van der Waals surface area contributed by atoms with Crippen LogP contribution in [0.1, 0.15) is 20.8 Å². The van der Waals surface area contributed by atoms with Crippen molar-refractivity contribution in [3.63, 3.8) is 0 Å². The van der Waals surface area contributed by atoms with Crippen molar-refractivity contribution in [2.45, 2.75) is 6.42 Å². The van der Waals surface area contributed by atoms with Crippen LogP contribution in [0.25, 0.3) is 11.1 Å². The molecule has 0 aliphatic heterocycles. The highest BCUT2D eigenvalue weighted by Gasteiger charge is 2.07. The van der Waals surface area contributed by atoms with Gasteiger partial charge in [-0.05, 0) is 40.1 Å². The van der Waals surface area contributed by atoms with Gasteiger partial charge in [-0.15, -0.1) is 11.3 Å². The molecule has 0 bridgehead atoms. The molecule has 1 aromatic heterocycles. The van der Waals surface area contributed by atoms with Crippen LogP contribution in [0.5, 0.6) is 0 Å². The van der Waals surface area contributed by atoms with Crippen molar-refractivity contribution in [3.05, 3.63) is 82.0 Å². The van der Waals surface area contributed by atoms with E-state index in [2.05, 4.69) is 30.3 Å². The van der Waals surface area contributed by atoms with Crippen LogP contribution in [-0.4, -0.2) is 11.1 Å². The molecule has 0 atom stereocenters. The molecule has 0 fully saturated rings. The van der Waals surface area contributed by atoms with E-state index in [-0.39, 0.29) is 0 Å². The summed E-state index contributed by atoms with van der Waals surface area (Å²) < 4.78 is 0. The first-order valence-electron chi connectivity index (χ1n) is 6.67. The normalized spacial score (nSPS) is 10.5. The van der Waals surface area contributed by atoms with Gasteiger partial charge in [-0.25, -0.2) is 4.79 Å². The number of hydrogen-bond acceptors (Lipinski definition) is 2. The van der Waals surface area contributed by atoms with E-state index in [4.69, 9.17) is 5.11 Å². The predicted octanol–water partition coefficient (Wildman–Crippen LogP) is 4.70. The molecule has 104 valence electrons. The molecule has 0 aliphatic carbocycles. The van der Waals surface area contributed by atoms with Crippen LogP contribution in [0.4, 0.5) is 0 Å². The lowest BCUT2D eigenvalue weighted by Crippen LogP contribution is -1.91. The van der Waals surface area contributed by atoms with E-state index in [0.29, 0.717) is 4.88 Å². The van der Waals surface area contributed by atoms with Crippen LogP contribution < -0.4 is 0 Å². The van der Waals surface area contributed by atoms with Crippen molar-refractivity contribution in [2.24, 2.45) is 0 Å². The van der Waals surface area contributed by atoms with Crippen LogP contribution in [-0.2, 0) is 6.42 Å². The number of carboxylic acid groups (broad SMARTS) is 1. The third-order valence-corrected chi connectivity index (χ3v) is 4.27. The first kappa shape index (κ1) is 13.6. The second-order valence-corrected chi connectivity index (χ2v) is 5.78.